The lowest BCUT2D eigenvalue weighted by atomic mass is 10.0. The maximum atomic E-state index is 13.3. The first-order valence-electron chi connectivity index (χ1n) is 9.86. The number of rotatable bonds is 4. The highest BCUT2D eigenvalue weighted by molar-refractivity contribution is 7.80. The fourth-order valence-electron chi connectivity index (χ4n) is 3.87. The molecule has 1 fully saturated rings. The van der Waals surface area contributed by atoms with E-state index in [-0.39, 0.29) is 17.6 Å². The van der Waals surface area contributed by atoms with Crippen LogP contribution in [0.2, 0.25) is 5.02 Å². The highest BCUT2D eigenvalue weighted by Crippen LogP contribution is 2.45. The fourth-order valence-corrected chi connectivity index (χ4v) is 4.38. The number of hydrogen-bond donors (Lipinski definition) is 2. The van der Waals surface area contributed by atoms with E-state index in [0.717, 1.165) is 11.3 Å². The molecule has 2 aromatic heterocycles. The summed E-state index contributed by atoms with van der Waals surface area (Å²) in [4.78, 5) is 6.27. The Morgan fingerprint density at radius 3 is 2.62 bits per heavy atom. The van der Waals surface area contributed by atoms with Gasteiger partial charge in [-0.1, -0.05) is 17.7 Å². The molecule has 3 heterocycles. The molecule has 0 unspecified atom stereocenters. The second kappa shape index (κ2) is 8.26. The number of aromatic hydroxyl groups is 1. The molecule has 0 bridgehead atoms. The standard InChI is InChI=1S/C24H17ClFN3O2S/c25-15-6-9-19(30)18(13-15)29-23(22(28-24(29)32)17-3-1-2-12-27-17)21-11-10-20(31-21)14-4-7-16(26)8-5-14/h1-13,22-23,30H,(H,28,32)/t22-,23+/m0/s1. The molecular weight excluding hydrogens is 449 g/mol. The van der Waals surface area contributed by atoms with Crippen molar-refractivity contribution in [3.63, 3.8) is 0 Å². The summed E-state index contributed by atoms with van der Waals surface area (Å²) in [5, 5.41) is 14.7. The van der Waals surface area contributed by atoms with Gasteiger partial charge in [-0.3, -0.25) is 4.98 Å². The largest absolute Gasteiger partial charge is 0.506 e. The van der Waals surface area contributed by atoms with E-state index in [9.17, 15) is 9.50 Å². The van der Waals surface area contributed by atoms with Crippen molar-refractivity contribution in [1.29, 1.82) is 0 Å². The Kier molecular flexibility index (Phi) is 5.28. The molecule has 5 rings (SSSR count). The van der Waals surface area contributed by atoms with E-state index >= 15 is 0 Å². The predicted molar refractivity (Wildman–Crippen MR) is 125 cm³/mol. The average Bonchev–Trinajstić information content (AvgIpc) is 3.41. The number of hydrogen-bond acceptors (Lipinski definition) is 4. The number of thiocarbonyl (C=S) groups is 1. The number of nitrogens with zero attached hydrogens (tertiary/aromatic N) is 2. The Morgan fingerprint density at radius 2 is 1.88 bits per heavy atom. The van der Waals surface area contributed by atoms with Gasteiger partial charge in [-0.05, 0) is 78.9 Å². The number of furan rings is 1. The van der Waals surface area contributed by atoms with Crippen LogP contribution in [0.4, 0.5) is 10.1 Å². The van der Waals surface area contributed by atoms with E-state index < -0.39 is 6.04 Å². The Hall–Kier alpha value is -3.42. The minimum absolute atomic E-state index is 0.0375. The van der Waals surface area contributed by atoms with Gasteiger partial charge in [0, 0.05) is 16.8 Å². The SMILES string of the molecule is Oc1ccc(Cl)cc1N1C(=S)N[C@@H](c2ccccn2)[C@H]1c1ccc(-c2ccc(F)cc2)o1. The topological polar surface area (TPSA) is 61.5 Å². The van der Waals surface area contributed by atoms with Crippen LogP contribution >= 0.6 is 23.8 Å². The van der Waals surface area contributed by atoms with E-state index in [1.165, 1.54) is 18.2 Å². The van der Waals surface area contributed by atoms with Gasteiger partial charge in [0.05, 0.1) is 17.4 Å². The van der Waals surface area contributed by atoms with Crippen LogP contribution < -0.4 is 10.2 Å². The van der Waals surface area contributed by atoms with Gasteiger partial charge in [-0.15, -0.1) is 0 Å². The molecule has 1 aliphatic rings. The Balaban J connectivity index is 1.62. The Labute approximate surface area is 194 Å². The monoisotopic (exact) mass is 465 g/mol. The summed E-state index contributed by atoms with van der Waals surface area (Å²) in [7, 11) is 0. The molecule has 2 atom stereocenters. The molecule has 0 amide bonds. The Bertz CT molecular complexity index is 1280. The number of phenolic OH excluding ortho intramolecular Hbond substituents is 1. The molecule has 2 N–H and O–H groups in total. The lowest BCUT2D eigenvalue weighted by Gasteiger charge is -2.26. The first-order valence-corrected chi connectivity index (χ1v) is 10.6. The van der Waals surface area contributed by atoms with Gasteiger partial charge in [0.2, 0.25) is 0 Å². The third kappa shape index (κ3) is 3.70. The summed E-state index contributed by atoms with van der Waals surface area (Å²) < 4.78 is 19.6. The number of nitrogens with one attached hydrogen (secondary N) is 1. The molecule has 0 spiro atoms. The normalized spacial score (nSPS) is 18.1. The molecule has 160 valence electrons. The van der Waals surface area contributed by atoms with Gasteiger partial charge in [-0.25, -0.2) is 4.39 Å². The zero-order chi connectivity index (χ0) is 22.2. The smallest absolute Gasteiger partial charge is 0.174 e. The fraction of sp³-hybridized carbons (Fsp3) is 0.0833. The molecule has 5 nitrogen and oxygen atoms in total. The first kappa shape index (κ1) is 20.5. The summed E-state index contributed by atoms with van der Waals surface area (Å²) >= 11 is 11.9. The van der Waals surface area contributed by atoms with Crippen LogP contribution in [-0.2, 0) is 0 Å². The van der Waals surface area contributed by atoms with Crippen LogP contribution in [0.3, 0.4) is 0 Å². The quantitative estimate of drug-likeness (QED) is 0.359. The molecule has 2 aromatic carbocycles. The van der Waals surface area contributed by atoms with Crippen molar-refractivity contribution in [3.05, 3.63) is 101 Å². The third-order valence-corrected chi connectivity index (χ3v) is 5.89. The number of phenols is 1. The van der Waals surface area contributed by atoms with Crippen molar-refractivity contribution >= 4 is 34.6 Å². The van der Waals surface area contributed by atoms with Crippen LogP contribution in [-0.4, -0.2) is 15.2 Å². The van der Waals surface area contributed by atoms with Crippen LogP contribution in [0.1, 0.15) is 23.5 Å². The zero-order valence-electron chi connectivity index (χ0n) is 16.6. The van der Waals surface area contributed by atoms with Gasteiger partial charge in [0.15, 0.2) is 5.11 Å². The van der Waals surface area contributed by atoms with Gasteiger partial charge in [0.1, 0.15) is 29.1 Å². The number of anilines is 1. The maximum absolute atomic E-state index is 13.3. The van der Waals surface area contributed by atoms with Crippen molar-refractivity contribution in [2.75, 3.05) is 4.90 Å². The second-order valence-electron chi connectivity index (χ2n) is 7.34. The highest BCUT2D eigenvalue weighted by atomic mass is 35.5. The molecule has 1 aliphatic heterocycles. The van der Waals surface area contributed by atoms with Crippen molar-refractivity contribution in [1.82, 2.24) is 10.3 Å². The third-order valence-electron chi connectivity index (χ3n) is 5.34. The second-order valence-corrected chi connectivity index (χ2v) is 8.16. The lowest BCUT2D eigenvalue weighted by Crippen LogP contribution is -2.29. The summed E-state index contributed by atoms with van der Waals surface area (Å²) in [6.07, 6.45) is 1.71. The lowest BCUT2D eigenvalue weighted by molar-refractivity contribution is 0.434. The van der Waals surface area contributed by atoms with Crippen LogP contribution in [0.5, 0.6) is 5.75 Å². The molecule has 0 saturated carbocycles. The molecule has 1 saturated heterocycles. The molecule has 4 aromatic rings. The molecule has 8 heteroatoms. The van der Waals surface area contributed by atoms with Gasteiger partial charge >= 0.3 is 0 Å². The van der Waals surface area contributed by atoms with Crippen molar-refractivity contribution in [3.8, 4) is 17.1 Å². The minimum atomic E-state index is -0.448. The van der Waals surface area contributed by atoms with E-state index in [0.29, 0.717) is 27.3 Å². The van der Waals surface area contributed by atoms with Crippen LogP contribution in [0, 0.1) is 5.82 Å². The van der Waals surface area contributed by atoms with Gasteiger partial charge in [0.25, 0.3) is 0 Å². The van der Waals surface area contributed by atoms with Crippen molar-refractivity contribution < 1.29 is 13.9 Å². The number of halogens is 2. The minimum Gasteiger partial charge on any atom is -0.506 e. The van der Waals surface area contributed by atoms with Crippen LogP contribution in [0.25, 0.3) is 11.3 Å². The number of aromatic nitrogens is 1. The van der Waals surface area contributed by atoms with Gasteiger partial charge in [-0.2, -0.15) is 0 Å². The predicted octanol–water partition coefficient (Wildman–Crippen LogP) is 6.02. The molecule has 32 heavy (non-hydrogen) atoms. The Morgan fingerprint density at radius 1 is 1.06 bits per heavy atom. The summed E-state index contributed by atoms with van der Waals surface area (Å²) in [6, 6.07) is 19.4. The molecular formula is C24H17ClFN3O2S. The van der Waals surface area contributed by atoms with E-state index in [2.05, 4.69) is 10.3 Å². The first-order chi connectivity index (χ1) is 15.5. The maximum Gasteiger partial charge on any atom is 0.174 e. The van der Waals surface area contributed by atoms with Crippen molar-refractivity contribution in [2.24, 2.45) is 0 Å². The number of benzene rings is 2. The van der Waals surface area contributed by atoms with E-state index in [4.69, 9.17) is 28.2 Å². The zero-order valence-corrected chi connectivity index (χ0v) is 18.1. The average molecular weight is 466 g/mol. The molecule has 0 radical (unpaired) electrons. The van der Waals surface area contributed by atoms with Crippen LogP contribution in [0.15, 0.2) is 83.4 Å². The number of pyridine rings is 1. The summed E-state index contributed by atoms with van der Waals surface area (Å²) in [6.45, 7) is 0. The van der Waals surface area contributed by atoms with Crippen molar-refractivity contribution in [2.45, 2.75) is 12.1 Å². The van der Waals surface area contributed by atoms with E-state index in [1.54, 1.807) is 35.4 Å². The van der Waals surface area contributed by atoms with Gasteiger partial charge < -0.3 is 19.7 Å². The summed E-state index contributed by atoms with van der Waals surface area (Å²) in [5.41, 5.74) is 1.97. The summed E-state index contributed by atoms with van der Waals surface area (Å²) in [5.74, 6) is 0.916. The highest BCUT2D eigenvalue weighted by Gasteiger charge is 2.43. The van der Waals surface area contributed by atoms with E-state index in [1.807, 2.05) is 30.3 Å². The molecule has 0 aliphatic carbocycles.